The van der Waals surface area contributed by atoms with Crippen molar-refractivity contribution in [3.05, 3.63) is 0 Å². The summed E-state index contributed by atoms with van der Waals surface area (Å²) in [6, 6.07) is 0.235. The molecule has 0 heterocycles. The first-order valence-electron chi connectivity index (χ1n) is 8.47. The zero-order valence-electron chi connectivity index (χ0n) is 15.1. The summed E-state index contributed by atoms with van der Waals surface area (Å²) in [5.74, 6) is 0.328. The molecule has 1 unspecified atom stereocenters. The van der Waals surface area contributed by atoms with Gasteiger partial charge >= 0.3 is 6.09 Å². The molecule has 23 heavy (non-hydrogen) atoms. The molecule has 6 nitrogen and oxygen atoms in total. The van der Waals surface area contributed by atoms with E-state index >= 15 is 0 Å². The topological polar surface area (TPSA) is 75.7 Å². The van der Waals surface area contributed by atoms with Crippen molar-refractivity contribution in [1.29, 1.82) is 0 Å². The Hall–Kier alpha value is -0.820. The van der Waals surface area contributed by atoms with E-state index in [1.807, 2.05) is 27.7 Å². The second-order valence-electron chi connectivity index (χ2n) is 7.31. The molecule has 0 aromatic heterocycles. The van der Waals surface area contributed by atoms with Crippen molar-refractivity contribution in [2.45, 2.75) is 71.6 Å². The number of hydrogen-bond acceptors (Lipinski definition) is 5. The number of ether oxygens (including phenoxy) is 1. The third-order valence-electron chi connectivity index (χ3n) is 3.63. The van der Waals surface area contributed by atoms with Gasteiger partial charge in [-0.3, -0.25) is 0 Å². The van der Waals surface area contributed by atoms with Crippen LogP contribution < -0.4 is 5.32 Å². The van der Waals surface area contributed by atoms with E-state index in [2.05, 4.69) is 5.32 Å². The third kappa shape index (κ3) is 8.55. The lowest BCUT2D eigenvalue weighted by molar-refractivity contribution is 0.0232. The van der Waals surface area contributed by atoms with Gasteiger partial charge in [-0.15, -0.1) is 0 Å². The molecule has 0 aromatic carbocycles. The van der Waals surface area contributed by atoms with Crippen LogP contribution in [0.4, 0.5) is 4.79 Å². The first kappa shape index (κ1) is 20.2. The maximum absolute atomic E-state index is 12.2. The van der Waals surface area contributed by atoms with Crippen LogP contribution in [-0.4, -0.2) is 61.7 Å². The van der Waals surface area contributed by atoms with E-state index in [9.17, 15) is 13.2 Å². The Bertz CT molecular complexity index is 481. The van der Waals surface area contributed by atoms with E-state index in [1.54, 1.807) is 11.8 Å². The van der Waals surface area contributed by atoms with Crippen LogP contribution in [0, 0.1) is 0 Å². The SMILES string of the molecule is CCS(=O)(=O)CC(C)NCCCN(C(=O)OC(C)(C)C)C1CC1. The van der Waals surface area contributed by atoms with Crippen LogP contribution in [0.15, 0.2) is 0 Å². The van der Waals surface area contributed by atoms with E-state index < -0.39 is 15.4 Å². The molecule has 7 heteroatoms. The number of sulfone groups is 1. The summed E-state index contributed by atoms with van der Waals surface area (Å²) in [6.07, 6.45) is 2.61. The van der Waals surface area contributed by atoms with Gasteiger partial charge in [-0.2, -0.15) is 0 Å². The number of carbonyl (C=O) groups is 1. The normalized spacial score (nSPS) is 16.9. The third-order valence-corrected chi connectivity index (χ3v) is 5.52. The fourth-order valence-corrected chi connectivity index (χ4v) is 3.40. The smallest absolute Gasteiger partial charge is 0.410 e. The first-order chi connectivity index (χ1) is 10.5. The number of carbonyl (C=O) groups excluding carboxylic acids is 1. The summed E-state index contributed by atoms with van der Waals surface area (Å²) in [5, 5.41) is 3.22. The van der Waals surface area contributed by atoms with Gasteiger partial charge in [0.1, 0.15) is 5.60 Å². The van der Waals surface area contributed by atoms with Gasteiger partial charge in [0.05, 0.1) is 5.75 Å². The Morgan fingerprint density at radius 1 is 1.35 bits per heavy atom. The molecule has 0 bridgehead atoms. The predicted molar refractivity (Wildman–Crippen MR) is 92.4 cm³/mol. The standard InChI is InChI=1S/C16H32N2O4S/c1-6-23(20,21)12-13(2)17-10-7-11-18(14-8-9-14)15(19)22-16(3,4)5/h13-14,17H,6-12H2,1-5H3. The van der Waals surface area contributed by atoms with E-state index in [-0.39, 0.29) is 23.6 Å². The fraction of sp³-hybridized carbons (Fsp3) is 0.938. The molecule has 1 aliphatic rings. The van der Waals surface area contributed by atoms with E-state index in [0.717, 1.165) is 19.3 Å². The van der Waals surface area contributed by atoms with E-state index in [0.29, 0.717) is 19.1 Å². The maximum atomic E-state index is 12.2. The monoisotopic (exact) mass is 348 g/mol. The molecule has 1 rings (SSSR count). The summed E-state index contributed by atoms with van der Waals surface area (Å²) in [7, 11) is -2.96. The van der Waals surface area contributed by atoms with Crippen molar-refractivity contribution in [3.63, 3.8) is 0 Å². The van der Waals surface area contributed by atoms with Gasteiger partial charge in [-0.25, -0.2) is 13.2 Å². The van der Waals surface area contributed by atoms with Crippen molar-refractivity contribution in [2.75, 3.05) is 24.6 Å². The van der Waals surface area contributed by atoms with Gasteiger partial charge in [0.2, 0.25) is 0 Å². The number of amides is 1. The molecule has 0 spiro atoms. The molecule has 0 aliphatic heterocycles. The van der Waals surface area contributed by atoms with Crippen molar-refractivity contribution in [1.82, 2.24) is 10.2 Å². The summed E-state index contributed by atoms with van der Waals surface area (Å²) >= 11 is 0. The van der Waals surface area contributed by atoms with Crippen molar-refractivity contribution >= 4 is 15.9 Å². The van der Waals surface area contributed by atoms with Crippen LogP contribution in [0.1, 0.15) is 53.9 Å². The molecule has 0 saturated heterocycles. The van der Waals surface area contributed by atoms with Crippen LogP contribution in [0.2, 0.25) is 0 Å². The molecule has 1 aliphatic carbocycles. The Labute approximate surface area is 140 Å². The molecule has 1 atom stereocenters. The number of nitrogens with one attached hydrogen (secondary N) is 1. The van der Waals surface area contributed by atoms with Crippen LogP contribution in [-0.2, 0) is 14.6 Å². The largest absolute Gasteiger partial charge is 0.444 e. The highest BCUT2D eigenvalue weighted by atomic mass is 32.2. The average molecular weight is 349 g/mol. The molecule has 136 valence electrons. The molecular weight excluding hydrogens is 316 g/mol. The summed E-state index contributed by atoms with van der Waals surface area (Å²) in [5.41, 5.74) is -0.481. The highest BCUT2D eigenvalue weighted by Gasteiger charge is 2.34. The summed E-state index contributed by atoms with van der Waals surface area (Å²) in [6.45, 7) is 10.5. The van der Waals surface area contributed by atoms with Crippen LogP contribution in [0.25, 0.3) is 0 Å². The first-order valence-corrected chi connectivity index (χ1v) is 10.3. The lowest BCUT2D eigenvalue weighted by Gasteiger charge is -2.27. The van der Waals surface area contributed by atoms with Crippen molar-refractivity contribution < 1.29 is 17.9 Å². The van der Waals surface area contributed by atoms with Crippen molar-refractivity contribution in [3.8, 4) is 0 Å². The van der Waals surface area contributed by atoms with Gasteiger partial charge < -0.3 is 15.0 Å². The lowest BCUT2D eigenvalue weighted by Crippen LogP contribution is -2.40. The predicted octanol–water partition coefficient (Wildman–Crippen LogP) is 2.19. The Kier molecular flexibility index (Phi) is 7.32. The van der Waals surface area contributed by atoms with Gasteiger partial charge in [0.15, 0.2) is 9.84 Å². The highest BCUT2D eigenvalue weighted by molar-refractivity contribution is 7.91. The molecule has 0 radical (unpaired) electrons. The number of hydrogen-bond donors (Lipinski definition) is 1. The van der Waals surface area contributed by atoms with Gasteiger partial charge in [-0.05, 0) is 53.5 Å². The lowest BCUT2D eigenvalue weighted by atomic mass is 10.2. The molecule has 1 N–H and O–H groups in total. The molecular formula is C16H32N2O4S. The molecule has 1 saturated carbocycles. The summed E-state index contributed by atoms with van der Waals surface area (Å²) < 4.78 is 28.6. The Morgan fingerprint density at radius 2 is 1.96 bits per heavy atom. The zero-order chi connectivity index (χ0) is 17.7. The molecule has 0 aromatic rings. The summed E-state index contributed by atoms with van der Waals surface area (Å²) in [4.78, 5) is 14.0. The van der Waals surface area contributed by atoms with E-state index in [1.165, 1.54) is 0 Å². The quantitative estimate of drug-likeness (QED) is 0.647. The minimum atomic E-state index is -2.96. The van der Waals surface area contributed by atoms with Gasteiger partial charge in [0.25, 0.3) is 0 Å². The highest BCUT2D eigenvalue weighted by Crippen LogP contribution is 2.28. The maximum Gasteiger partial charge on any atom is 0.410 e. The second-order valence-corrected chi connectivity index (χ2v) is 9.71. The van der Waals surface area contributed by atoms with Gasteiger partial charge in [0, 0.05) is 24.4 Å². The fourth-order valence-electron chi connectivity index (χ4n) is 2.29. The van der Waals surface area contributed by atoms with Crippen LogP contribution >= 0.6 is 0 Å². The second kappa shape index (κ2) is 8.33. The zero-order valence-corrected chi connectivity index (χ0v) is 15.9. The number of rotatable bonds is 9. The average Bonchev–Trinajstić information content (AvgIpc) is 3.20. The minimum absolute atomic E-state index is 0.0733. The van der Waals surface area contributed by atoms with Gasteiger partial charge in [-0.1, -0.05) is 6.92 Å². The number of nitrogens with zero attached hydrogens (tertiary/aromatic N) is 1. The van der Waals surface area contributed by atoms with Crippen LogP contribution in [0.3, 0.4) is 0 Å². The van der Waals surface area contributed by atoms with Crippen molar-refractivity contribution in [2.24, 2.45) is 0 Å². The Morgan fingerprint density at radius 3 is 2.43 bits per heavy atom. The van der Waals surface area contributed by atoms with Crippen LogP contribution in [0.5, 0.6) is 0 Å². The Balaban J connectivity index is 2.33. The molecule has 1 amide bonds. The molecule has 1 fully saturated rings. The minimum Gasteiger partial charge on any atom is -0.444 e. The van der Waals surface area contributed by atoms with E-state index in [4.69, 9.17) is 4.74 Å².